The molecule has 3 heteroatoms. The van der Waals surface area contributed by atoms with Crippen molar-refractivity contribution in [3.05, 3.63) is 35.9 Å². The molecule has 1 aromatic carbocycles. The number of hydrogen-bond acceptors (Lipinski definition) is 1. The number of carbonyl (C=O) groups excluding carboxylic acids is 1. The summed E-state index contributed by atoms with van der Waals surface area (Å²) in [5, 5.41) is 3.15. The molecule has 0 unspecified atom stereocenters. The number of benzene rings is 1. The van der Waals surface area contributed by atoms with Gasteiger partial charge in [0.25, 0.3) is 0 Å². The first-order chi connectivity index (χ1) is 9.30. The van der Waals surface area contributed by atoms with Crippen LogP contribution >= 0.6 is 0 Å². The normalized spacial score (nSPS) is 20.9. The number of nitrogens with zero attached hydrogens (tertiary/aromatic N) is 1. The van der Waals surface area contributed by atoms with Gasteiger partial charge >= 0.3 is 6.03 Å². The zero-order chi connectivity index (χ0) is 13.1. The van der Waals surface area contributed by atoms with Crippen molar-refractivity contribution in [2.24, 2.45) is 0 Å². The lowest BCUT2D eigenvalue weighted by Gasteiger charge is -2.42. The van der Waals surface area contributed by atoms with E-state index in [1.165, 1.54) is 24.8 Å². The smallest absolute Gasteiger partial charge is 0.317 e. The highest BCUT2D eigenvalue weighted by Gasteiger charge is 2.39. The Kier molecular flexibility index (Phi) is 3.45. The van der Waals surface area contributed by atoms with Gasteiger partial charge < -0.3 is 10.2 Å². The molecule has 0 atom stereocenters. The number of nitrogens with one attached hydrogen (secondary N) is 1. The summed E-state index contributed by atoms with van der Waals surface area (Å²) in [7, 11) is 0. The summed E-state index contributed by atoms with van der Waals surface area (Å²) in [6.45, 7) is 2.63. The Hall–Kier alpha value is -1.51. The monoisotopic (exact) mass is 258 g/mol. The van der Waals surface area contributed by atoms with Gasteiger partial charge in [0.15, 0.2) is 0 Å². The molecule has 0 aromatic heterocycles. The maximum absolute atomic E-state index is 12.1. The van der Waals surface area contributed by atoms with Gasteiger partial charge in [0, 0.05) is 25.0 Å². The van der Waals surface area contributed by atoms with E-state index in [1.807, 2.05) is 4.90 Å². The average molecular weight is 258 g/mol. The summed E-state index contributed by atoms with van der Waals surface area (Å²) < 4.78 is 0. The highest BCUT2D eigenvalue weighted by atomic mass is 16.2. The van der Waals surface area contributed by atoms with Crippen LogP contribution in [0.2, 0.25) is 0 Å². The standard InChI is InChI=1S/C16H22N2O/c19-15(18-11-4-5-12-18)17-13-16(9-6-10-16)14-7-2-1-3-8-14/h1-3,7-8H,4-6,9-13H2,(H,17,19). The molecule has 0 radical (unpaired) electrons. The Balaban J connectivity index is 1.62. The second-order valence-electron chi connectivity index (χ2n) is 5.85. The Morgan fingerprint density at radius 3 is 2.37 bits per heavy atom. The highest BCUT2D eigenvalue weighted by molar-refractivity contribution is 5.74. The Morgan fingerprint density at radius 2 is 1.79 bits per heavy atom. The minimum Gasteiger partial charge on any atom is -0.337 e. The third kappa shape index (κ3) is 2.46. The van der Waals surface area contributed by atoms with Crippen LogP contribution in [0.1, 0.15) is 37.7 Å². The molecule has 3 rings (SSSR count). The van der Waals surface area contributed by atoms with E-state index in [1.54, 1.807) is 0 Å². The Bertz CT molecular complexity index is 433. The highest BCUT2D eigenvalue weighted by Crippen LogP contribution is 2.43. The number of carbonyl (C=O) groups is 1. The van der Waals surface area contributed by atoms with Crippen molar-refractivity contribution in [1.29, 1.82) is 0 Å². The van der Waals surface area contributed by atoms with Crippen LogP contribution in [0.3, 0.4) is 0 Å². The Labute approximate surface area is 115 Å². The summed E-state index contributed by atoms with van der Waals surface area (Å²) in [4.78, 5) is 14.0. The van der Waals surface area contributed by atoms with Crippen molar-refractivity contribution in [1.82, 2.24) is 10.2 Å². The fourth-order valence-electron chi connectivity index (χ4n) is 3.24. The van der Waals surface area contributed by atoms with E-state index in [4.69, 9.17) is 0 Å². The van der Waals surface area contributed by atoms with Gasteiger partial charge in [0.05, 0.1) is 0 Å². The van der Waals surface area contributed by atoms with Crippen LogP contribution in [-0.2, 0) is 5.41 Å². The molecule has 1 N–H and O–H groups in total. The lowest BCUT2D eigenvalue weighted by Crippen LogP contribution is -2.48. The number of hydrogen-bond donors (Lipinski definition) is 1. The van der Waals surface area contributed by atoms with Crippen LogP contribution in [0.4, 0.5) is 4.79 Å². The molecule has 1 aromatic rings. The molecule has 1 aliphatic heterocycles. The van der Waals surface area contributed by atoms with E-state index in [-0.39, 0.29) is 11.4 Å². The van der Waals surface area contributed by atoms with E-state index < -0.39 is 0 Å². The fraction of sp³-hybridized carbons (Fsp3) is 0.562. The first-order valence-electron chi connectivity index (χ1n) is 7.39. The molecule has 2 aliphatic rings. The van der Waals surface area contributed by atoms with Crippen molar-refractivity contribution in [2.75, 3.05) is 19.6 Å². The molecule has 1 saturated heterocycles. The number of rotatable bonds is 3. The van der Waals surface area contributed by atoms with Crippen LogP contribution in [0.5, 0.6) is 0 Å². The number of urea groups is 1. The van der Waals surface area contributed by atoms with Crippen molar-refractivity contribution >= 4 is 6.03 Å². The lowest BCUT2D eigenvalue weighted by atomic mass is 9.64. The summed E-state index contributed by atoms with van der Waals surface area (Å²) in [5.41, 5.74) is 1.57. The predicted octanol–water partition coefficient (Wildman–Crippen LogP) is 2.91. The number of amides is 2. The van der Waals surface area contributed by atoms with Crippen molar-refractivity contribution in [3.63, 3.8) is 0 Å². The van der Waals surface area contributed by atoms with Gasteiger partial charge in [-0.15, -0.1) is 0 Å². The molecular weight excluding hydrogens is 236 g/mol. The molecule has 2 fully saturated rings. The molecule has 1 heterocycles. The summed E-state index contributed by atoms with van der Waals surface area (Å²) in [6.07, 6.45) is 5.96. The van der Waals surface area contributed by atoms with Gasteiger partial charge in [0.1, 0.15) is 0 Å². The van der Waals surface area contributed by atoms with Crippen LogP contribution in [0.15, 0.2) is 30.3 Å². The topological polar surface area (TPSA) is 32.3 Å². The van der Waals surface area contributed by atoms with Gasteiger partial charge in [-0.1, -0.05) is 36.8 Å². The average Bonchev–Trinajstić information content (AvgIpc) is 2.92. The van der Waals surface area contributed by atoms with E-state index in [9.17, 15) is 4.79 Å². The third-order valence-corrected chi connectivity index (χ3v) is 4.67. The predicted molar refractivity (Wildman–Crippen MR) is 76.2 cm³/mol. The third-order valence-electron chi connectivity index (χ3n) is 4.67. The minimum absolute atomic E-state index is 0.125. The molecule has 0 spiro atoms. The van der Waals surface area contributed by atoms with Crippen molar-refractivity contribution < 1.29 is 4.79 Å². The molecule has 3 nitrogen and oxygen atoms in total. The van der Waals surface area contributed by atoms with Crippen molar-refractivity contribution in [2.45, 2.75) is 37.5 Å². The molecule has 2 amide bonds. The zero-order valence-corrected chi connectivity index (χ0v) is 11.4. The van der Waals surface area contributed by atoms with E-state index in [0.717, 1.165) is 32.5 Å². The van der Waals surface area contributed by atoms with Crippen LogP contribution in [-0.4, -0.2) is 30.6 Å². The van der Waals surface area contributed by atoms with Gasteiger partial charge in [-0.05, 0) is 31.2 Å². The molecule has 0 bridgehead atoms. The largest absolute Gasteiger partial charge is 0.337 e. The van der Waals surface area contributed by atoms with Gasteiger partial charge in [-0.3, -0.25) is 0 Å². The first-order valence-corrected chi connectivity index (χ1v) is 7.39. The van der Waals surface area contributed by atoms with Gasteiger partial charge in [-0.2, -0.15) is 0 Å². The fourth-order valence-corrected chi connectivity index (χ4v) is 3.24. The first kappa shape index (κ1) is 12.5. The van der Waals surface area contributed by atoms with E-state index in [2.05, 4.69) is 35.6 Å². The van der Waals surface area contributed by atoms with E-state index in [0.29, 0.717) is 0 Å². The van der Waals surface area contributed by atoms with Gasteiger partial charge in [0.2, 0.25) is 0 Å². The zero-order valence-electron chi connectivity index (χ0n) is 11.4. The number of likely N-dealkylation sites (tertiary alicyclic amines) is 1. The second kappa shape index (κ2) is 5.24. The summed E-state index contributed by atoms with van der Waals surface area (Å²) in [6, 6.07) is 10.8. The van der Waals surface area contributed by atoms with Crippen LogP contribution in [0, 0.1) is 0 Å². The lowest BCUT2D eigenvalue weighted by molar-refractivity contribution is 0.191. The molecular formula is C16H22N2O. The molecule has 19 heavy (non-hydrogen) atoms. The quantitative estimate of drug-likeness (QED) is 0.888. The molecule has 1 aliphatic carbocycles. The van der Waals surface area contributed by atoms with Gasteiger partial charge in [-0.25, -0.2) is 4.79 Å². The second-order valence-corrected chi connectivity index (χ2v) is 5.85. The molecule has 102 valence electrons. The maximum atomic E-state index is 12.1. The minimum atomic E-state index is 0.125. The SMILES string of the molecule is O=C(NCC1(c2ccccc2)CCC1)N1CCCC1. The Morgan fingerprint density at radius 1 is 1.11 bits per heavy atom. The summed E-state index contributed by atoms with van der Waals surface area (Å²) >= 11 is 0. The van der Waals surface area contributed by atoms with Crippen LogP contribution < -0.4 is 5.32 Å². The maximum Gasteiger partial charge on any atom is 0.317 e. The van der Waals surface area contributed by atoms with Crippen molar-refractivity contribution in [3.8, 4) is 0 Å². The molecule has 1 saturated carbocycles. The summed E-state index contributed by atoms with van der Waals surface area (Å²) in [5.74, 6) is 0. The van der Waals surface area contributed by atoms with Crippen LogP contribution in [0.25, 0.3) is 0 Å². The van der Waals surface area contributed by atoms with E-state index >= 15 is 0 Å².